The Morgan fingerprint density at radius 3 is 2.20 bits per heavy atom. The number of rotatable bonds is 6. The Balaban J connectivity index is 3.53. The van der Waals surface area contributed by atoms with Gasteiger partial charge in [-0.15, -0.1) is 0 Å². The third-order valence-electron chi connectivity index (χ3n) is 2.10. The molecule has 0 aliphatic carbocycles. The van der Waals surface area contributed by atoms with Crippen LogP contribution in [0.5, 0.6) is 0 Å². The highest BCUT2D eigenvalue weighted by molar-refractivity contribution is 5.76. The number of carbonyl (C=O) groups is 2. The molecule has 0 aromatic rings. The molecule has 0 saturated carbocycles. The third kappa shape index (κ3) is 7.93. The van der Waals surface area contributed by atoms with E-state index in [1.807, 2.05) is 13.8 Å². The Kier molecular flexibility index (Phi) is 6.70. The molecule has 0 rings (SSSR count). The molecule has 0 aromatic carbocycles. The molecule has 5 heteroatoms. The first-order chi connectivity index (χ1) is 6.93. The minimum absolute atomic E-state index is 0.0680. The van der Waals surface area contributed by atoms with E-state index in [0.717, 1.165) is 0 Å². The molecule has 0 spiro atoms. The minimum Gasteiger partial charge on any atom is -0.355 e. The monoisotopic (exact) mass is 215 g/mol. The van der Waals surface area contributed by atoms with Crippen molar-refractivity contribution in [3.8, 4) is 0 Å². The van der Waals surface area contributed by atoms with Crippen molar-refractivity contribution in [2.45, 2.75) is 33.2 Å². The lowest BCUT2D eigenvalue weighted by molar-refractivity contribution is -0.122. The van der Waals surface area contributed by atoms with Crippen LogP contribution in [0, 0.1) is 5.92 Å². The number of hydrogen-bond donors (Lipinski definition) is 3. The number of carbonyl (C=O) groups excluding carboxylic acids is 2. The highest BCUT2D eigenvalue weighted by Crippen LogP contribution is 2.01. The van der Waals surface area contributed by atoms with Crippen LogP contribution >= 0.6 is 0 Å². The zero-order valence-corrected chi connectivity index (χ0v) is 9.67. The molecule has 0 fully saturated rings. The Morgan fingerprint density at radius 2 is 1.73 bits per heavy atom. The van der Waals surface area contributed by atoms with Gasteiger partial charge in [-0.05, 0) is 5.92 Å². The lowest BCUT2D eigenvalue weighted by Gasteiger charge is -2.14. The summed E-state index contributed by atoms with van der Waals surface area (Å²) in [7, 11) is 0. The molecule has 15 heavy (non-hydrogen) atoms. The van der Waals surface area contributed by atoms with Crippen LogP contribution in [0.25, 0.3) is 0 Å². The lowest BCUT2D eigenvalue weighted by atomic mass is 10.0. The SMILES string of the molecule is CC(=O)NCCNC(=O)CC(N)C(C)C. The Bertz CT molecular complexity index is 217. The van der Waals surface area contributed by atoms with Crippen LogP contribution in [0.4, 0.5) is 0 Å². The highest BCUT2D eigenvalue weighted by atomic mass is 16.2. The highest BCUT2D eigenvalue weighted by Gasteiger charge is 2.12. The molecular weight excluding hydrogens is 194 g/mol. The first-order valence-electron chi connectivity index (χ1n) is 5.20. The van der Waals surface area contributed by atoms with Gasteiger partial charge in [-0.25, -0.2) is 0 Å². The fourth-order valence-corrected chi connectivity index (χ4v) is 0.962. The molecule has 0 bridgehead atoms. The fraction of sp³-hybridized carbons (Fsp3) is 0.800. The Labute approximate surface area is 90.8 Å². The zero-order chi connectivity index (χ0) is 11.8. The van der Waals surface area contributed by atoms with Crippen molar-refractivity contribution in [2.24, 2.45) is 11.7 Å². The second-order valence-corrected chi connectivity index (χ2v) is 3.94. The fourth-order valence-electron chi connectivity index (χ4n) is 0.962. The summed E-state index contributed by atoms with van der Waals surface area (Å²) in [5.41, 5.74) is 5.74. The van der Waals surface area contributed by atoms with Crippen molar-refractivity contribution in [3.63, 3.8) is 0 Å². The van der Waals surface area contributed by atoms with E-state index in [-0.39, 0.29) is 17.9 Å². The molecule has 1 unspecified atom stereocenters. The first-order valence-corrected chi connectivity index (χ1v) is 5.20. The summed E-state index contributed by atoms with van der Waals surface area (Å²) < 4.78 is 0. The van der Waals surface area contributed by atoms with Gasteiger partial charge >= 0.3 is 0 Å². The molecule has 0 aliphatic rings. The van der Waals surface area contributed by atoms with Crippen LogP contribution in [0.3, 0.4) is 0 Å². The second-order valence-electron chi connectivity index (χ2n) is 3.94. The van der Waals surface area contributed by atoms with E-state index < -0.39 is 0 Å². The van der Waals surface area contributed by atoms with E-state index in [9.17, 15) is 9.59 Å². The third-order valence-corrected chi connectivity index (χ3v) is 2.10. The smallest absolute Gasteiger partial charge is 0.221 e. The molecule has 1 atom stereocenters. The summed E-state index contributed by atoms with van der Waals surface area (Å²) in [5.74, 6) is 0.135. The second kappa shape index (κ2) is 7.23. The molecule has 2 amide bonds. The predicted molar refractivity (Wildman–Crippen MR) is 59.1 cm³/mol. The number of nitrogens with one attached hydrogen (secondary N) is 2. The topological polar surface area (TPSA) is 84.2 Å². The van der Waals surface area contributed by atoms with Crippen LogP contribution in [0.1, 0.15) is 27.2 Å². The maximum Gasteiger partial charge on any atom is 0.221 e. The van der Waals surface area contributed by atoms with Crippen LogP contribution < -0.4 is 16.4 Å². The van der Waals surface area contributed by atoms with Crippen molar-refractivity contribution in [1.29, 1.82) is 0 Å². The molecule has 88 valence electrons. The Morgan fingerprint density at radius 1 is 1.20 bits per heavy atom. The maximum absolute atomic E-state index is 11.3. The molecule has 0 heterocycles. The van der Waals surface area contributed by atoms with Gasteiger partial charge in [-0.3, -0.25) is 9.59 Å². The molecule has 0 saturated heterocycles. The van der Waals surface area contributed by atoms with Crippen molar-refractivity contribution in [3.05, 3.63) is 0 Å². The van der Waals surface area contributed by atoms with E-state index in [0.29, 0.717) is 25.4 Å². The summed E-state index contributed by atoms with van der Waals surface area (Å²) in [6, 6.07) is -0.106. The van der Waals surface area contributed by atoms with Crippen LogP contribution in [0.15, 0.2) is 0 Å². The average Bonchev–Trinajstić information content (AvgIpc) is 2.12. The van der Waals surface area contributed by atoms with E-state index in [1.54, 1.807) is 0 Å². The van der Waals surface area contributed by atoms with Gasteiger partial charge in [0, 0.05) is 32.5 Å². The maximum atomic E-state index is 11.3. The van der Waals surface area contributed by atoms with Gasteiger partial charge < -0.3 is 16.4 Å². The summed E-state index contributed by atoms with van der Waals surface area (Å²) in [4.78, 5) is 21.8. The van der Waals surface area contributed by atoms with E-state index in [2.05, 4.69) is 10.6 Å². The summed E-state index contributed by atoms with van der Waals surface area (Å²) >= 11 is 0. The van der Waals surface area contributed by atoms with Gasteiger partial charge in [0.05, 0.1) is 0 Å². The van der Waals surface area contributed by atoms with Crippen molar-refractivity contribution in [2.75, 3.05) is 13.1 Å². The normalized spacial score (nSPS) is 12.3. The van der Waals surface area contributed by atoms with Gasteiger partial charge in [0.1, 0.15) is 0 Å². The zero-order valence-electron chi connectivity index (χ0n) is 9.67. The number of amides is 2. The summed E-state index contributed by atoms with van der Waals surface area (Å²) in [5, 5.41) is 5.28. The molecular formula is C10H21N3O2. The average molecular weight is 215 g/mol. The minimum atomic E-state index is -0.106. The molecule has 4 N–H and O–H groups in total. The standard InChI is InChI=1S/C10H21N3O2/c1-7(2)9(11)6-10(15)13-5-4-12-8(3)14/h7,9H,4-6,11H2,1-3H3,(H,12,14)(H,13,15). The van der Waals surface area contributed by atoms with Crippen LogP contribution in [-0.4, -0.2) is 30.9 Å². The van der Waals surface area contributed by atoms with Crippen molar-refractivity contribution < 1.29 is 9.59 Å². The van der Waals surface area contributed by atoms with Gasteiger partial charge in [0.25, 0.3) is 0 Å². The van der Waals surface area contributed by atoms with Gasteiger partial charge in [0.2, 0.25) is 11.8 Å². The number of nitrogens with two attached hydrogens (primary N) is 1. The van der Waals surface area contributed by atoms with Crippen LogP contribution in [-0.2, 0) is 9.59 Å². The molecule has 5 nitrogen and oxygen atoms in total. The molecule has 0 radical (unpaired) electrons. The largest absolute Gasteiger partial charge is 0.355 e. The van der Waals surface area contributed by atoms with Crippen molar-refractivity contribution >= 4 is 11.8 Å². The van der Waals surface area contributed by atoms with Gasteiger partial charge in [-0.2, -0.15) is 0 Å². The molecule has 0 aliphatic heterocycles. The molecule has 0 aromatic heterocycles. The van der Waals surface area contributed by atoms with E-state index in [1.165, 1.54) is 6.92 Å². The number of hydrogen-bond acceptors (Lipinski definition) is 3. The summed E-state index contributed by atoms with van der Waals surface area (Å²) in [6.07, 6.45) is 0.331. The predicted octanol–water partition coefficient (Wildman–Crippen LogP) is -0.388. The Hall–Kier alpha value is -1.10. The lowest BCUT2D eigenvalue weighted by Crippen LogP contribution is -2.38. The van der Waals surface area contributed by atoms with E-state index >= 15 is 0 Å². The van der Waals surface area contributed by atoms with E-state index in [4.69, 9.17) is 5.73 Å². The quantitative estimate of drug-likeness (QED) is 0.528. The summed E-state index contributed by atoms with van der Waals surface area (Å²) in [6.45, 7) is 6.31. The first kappa shape index (κ1) is 13.9. The van der Waals surface area contributed by atoms with Crippen molar-refractivity contribution in [1.82, 2.24) is 10.6 Å². The van der Waals surface area contributed by atoms with Gasteiger partial charge in [0.15, 0.2) is 0 Å². The van der Waals surface area contributed by atoms with Gasteiger partial charge in [-0.1, -0.05) is 13.8 Å². The van der Waals surface area contributed by atoms with Crippen LogP contribution in [0.2, 0.25) is 0 Å².